The molecule has 2 aromatic carbocycles. The molecule has 0 heterocycles. The van der Waals surface area contributed by atoms with Crippen LogP contribution < -0.4 is 5.32 Å². The van der Waals surface area contributed by atoms with E-state index in [9.17, 15) is 9.59 Å². The number of fused-ring (bicyclic) bond motifs is 1. The predicted molar refractivity (Wildman–Crippen MR) is 86.7 cm³/mol. The van der Waals surface area contributed by atoms with Crippen molar-refractivity contribution in [2.24, 2.45) is 0 Å². The Kier molecular flexibility index (Phi) is 3.71. The monoisotopic (exact) mass is 289 g/mol. The summed E-state index contributed by atoms with van der Waals surface area (Å²) < 4.78 is 0. The zero-order valence-electron chi connectivity index (χ0n) is 12.0. The van der Waals surface area contributed by atoms with E-state index in [1.165, 1.54) is 0 Å². The van der Waals surface area contributed by atoms with Gasteiger partial charge in [-0.3, -0.25) is 9.59 Å². The summed E-state index contributed by atoms with van der Waals surface area (Å²) in [5, 5.41) is 3.03. The highest BCUT2D eigenvalue weighted by Gasteiger charge is 2.32. The van der Waals surface area contributed by atoms with Crippen LogP contribution in [0.4, 0.5) is 0 Å². The zero-order valence-corrected chi connectivity index (χ0v) is 12.0. The molecule has 0 spiro atoms. The van der Waals surface area contributed by atoms with Gasteiger partial charge < -0.3 is 5.32 Å². The first-order valence-electron chi connectivity index (χ1n) is 7.07. The van der Waals surface area contributed by atoms with Gasteiger partial charge in [0.05, 0.1) is 11.3 Å². The zero-order chi connectivity index (χ0) is 15.5. The Morgan fingerprint density at radius 3 is 2.09 bits per heavy atom. The molecule has 0 unspecified atom stereocenters. The summed E-state index contributed by atoms with van der Waals surface area (Å²) in [5.41, 5.74) is 2.40. The van der Waals surface area contributed by atoms with E-state index in [1.807, 2.05) is 30.3 Å². The van der Waals surface area contributed by atoms with E-state index >= 15 is 0 Å². The second-order valence-electron chi connectivity index (χ2n) is 4.99. The van der Waals surface area contributed by atoms with Gasteiger partial charge in [-0.05, 0) is 5.56 Å². The molecule has 2 aromatic rings. The number of carbonyl (C=O) groups excluding carboxylic acids is 2. The molecule has 0 fully saturated rings. The minimum Gasteiger partial charge on any atom is -0.378 e. The van der Waals surface area contributed by atoms with E-state index in [4.69, 9.17) is 0 Å². The van der Waals surface area contributed by atoms with Gasteiger partial charge >= 0.3 is 0 Å². The van der Waals surface area contributed by atoms with Crippen LogP contribution in [0.15, 0.2) is 72.9 Å². The number of hydrogen-bond acceptors (Lipinski definition) is 3. The molecule has 0 radical (unpaired) electrons. The third-order valence-corrected chi connectivity index (χ3v) is 3.61. The summed E-state index contributed by atoms with van der Waals surface area (Å²) in [5.74, 6) is -0.288. The van der Waals surface area contributed by atoms with Gasteiger partial charge in [0.2, 0.25) is 5.78 Å². The van der Waals surface area contributed by atoms with Crippen LogP contribution in [-0.4, -0.2) is 18.1 Å². The molecular weight excluding hydrogens is 274 g/mol. The van der Waals surface area contributed by atoms with Crippen LogP contribution in [0.1, 0.15) is 26.3 Å². The number of rotatable bonds is 4. The van der Waals surface area contributed by atoms with Crippen molar-refractivity contribution in [3.63, 3.8) is 0 Å². The first kappa shape index (κ1) is 14.0. The Hall–Kier alpha value is -2.94. The number of allylic oxidation sites excluding steroid dienone is 2. The molecule has 3 nitrogen and oxygen atoms in total. The van der Waals surface area contributed by atoms with Crippen LogP contribution in [0, 0.1) is 0 Å². The van der Waals surface area contributed by atoms with Gasteiger partial charge in [0, 0.05) is 17.7 Å². The van der Waals surface area contributed by atoms with Crippen molar-refractivity contribution in [1.29, 1.82) is 0 Å². The Balaban J connectivity index is 2.22. The lowest BCUT2D eigenvalue weighted by Gasteiger charge is -2.21. The highest BCUT2D eigenvalue weighted by molar-refractivity contribution is 6.40. The molecule has 3 heteroatoms. The van der Waals surface area contributed by atoms with Crippen LogP contribution in [0.3, 0.4) is 0 Å². The van der Waals surface area contributed by atoms with E-state index < -0.39 is 0 Å². The Morgan fingerprint density at radius 2 is 1.45 bits per heavy atom. The number of hydrogen-bond donors (Lipinski definition) is 1. The summed E-state index contributed by atoms with van der Waals surface area (Å²) >= 11 is 0. The first-order valence-corrected chi connectivity index (χ1v) is 7.07. The fraction of sp³-hybridized carbons (Fsp3) is 0.0526. The maximum Gasteiger partial charge on any atom is 0.210 e. The van der Waals surface area contributed by atoms with Gasteiger partial charge in [-0.15, -0.1) is 6.58 Å². The van der Waals surface area contributed by atoms with E-state index in [1.54, 1.807) is 30.3 Å². The third kappa shape index (κ3) is 2.27. The molecule has 0 saturated carbocycles. The first-order chi connectivity index (χ1) is 10.7. The molecule has 0 amide bonds. The summed E-state index contributed by atoms with van der Waals surface area (Å²) in [6.07, 6.45) is 1.66. The second-order valence-corrected chi connectivity index (χ2v) is 4.99. The molecule has 108 valence electrons. The summed E-state index contributed by atoms with van der Waals surface area (Å²) in [6.45, 7) is 4.07. The lowest BCUT2D eigenvalue weighted by atomic mass is 9.84. The fourth-order valence-corrected chi connectivity index (χ4v) is 2.60. The third-order valence-electron chi connectivity index (χ3n) is 3.61. The lowest BCUT2D eigenvalue weighted by molar-refractivity contribution is 0.0986. The Bertz CT molecular complexity index is 788. The van der Waals surface area contributed by atoms with Crippen molar-refractivity contribution < 1.29 is 9.59 Å². The summed E-state index contributed by atoms with van der Waals surface area (Å²) in [6, 6.07) is 16.2. The largest absolute Gasteiger partial charge is 0.378 e. The van der Waals surface area contributed by atoms with Crippen LogP contribution in [0.2, 0.25) is 0 Å². The maximum atomic E-state index is 12.9. The quantitative estimate of drug-likeness (QED) is 0.879. The van der Waals surface area contributed by atoms with Gasteiger partial charge in [-0.1, -0.05) is 60.7 Å². The molecule has 0 aromatic heterocycles. The predicted octanol–water partition coefficient (Wildman–Crippen LogP) is 3.25. The van der Waals surface area contributed by atoms with Crippen LogP contribution in [-0.2, 0) is 0 Å². The molecule has 1 N–H and O–H groups in total. The van der Waals surface area contributed by atoms with Crippen molar-refractivity contribution >= 4 is 17.1 Å². The van der Waals surface area contributed by atoms with Gasteiger partial charge in [0.1, 0.15) is 0 Å². The number of nitrogens with one attached hydrogen (secondary N) is 1. The molecule has 22 heavy (non-hydrogen) atoms. The molecule has 0 atom stereocenters. The molecule has 0 bridgehead atoms. The Morgan fingerprint density at radius 1 is 0.864 bits per heavy atom. The topological polar surface area (TPSA) is 46.2 Å². The smallest absolute Gasteiger partial charge is 0.210 e. The minimum absolute atomic E-state index is 0.132. The van der Waals surface area contributed by atoms with E-state index in [0.29, 0.717) is 28.9 Å². The van der Waals surface area contributed by atoms with Gasteiger partial charge in [-0.25, -0.2) is 0 Å². The highest BCUT2D eigenvalue weighted by atomic mass is 16.1. The van der Waals surface area contributed by atoms with Crippen LogP contribution in [0.5, 0.6) is 0 Å². The minimum atomic E-state index is -0.157. The van der Waals surface area contributed by atoms with Crippen molar-refractivity contribution in [2.75, 3.05) is 6.54 Å². The van der Waals surface area contributed by atoms with Gasteiger partial charge in [-0.2, -0.15) is 0 Å². The van der Waals surface area contributed by atoms with Crippen LogP contribution in [0.25, 0.3) is 5.57 Å². The Labute approximate surface area is 129 Å². The lowest BCUT2D eigenvalue weighted by Crippen LogP contribution is -2.30. The fourth-order valence-electron chi connectivity index (χ4n) is 2.60. The van der Waals surface area contributed by atoms with Crippen LogP contribution >= 0.6 is 0 Å². The number of benzene rings is 2. The highest BCUT2D eigenvalue weighted by Crippen LogP contribution is 2.31. The molecule has 1 aliphatic carbocycles. The number of Topliss-reactive ketones (excluding diaryl/α,β-unsaturated/α-hetero) is 2. The molecule has 0 aliphatic heterocycles. The second kappa shape index (κ2) is 5.82. The van der Waals surface area contributed by atoms with Crippen molar-refractivity contribution in [2.45, 2.75) is 0 Å². The van der Waals surface area contributed by atoms with Crippen molar-refractivity contribution in [3.05, 3.63) is 89.6 Å². The maximum absolute atomic E-state index is 12.9. The van der Waals surface area contributed by atoms with E-state index in [0.717, 1.165) is 5.56 Å². The van der Waals surface area contributed by atoms with Gasteiger partial charge in [0.25, 0.3) is 0 Å². The van der Waals surface area contributed by atoms with Crippen molar-refractivity contribution in [3.8, 4) is 0 Å². The number of carbonyl (C=O) groups is 2. The molecule has 0 saturated heterocycles. The molecule has 3 rings (SSSR count). The number of ketones is 2. The summed E-state index contributed by atoms with van der Waals surface area (Å²) in [4.78, 5) is 25.6. The van der Waals surface area contributed by atoms with Gasteiger partial charge in [0.15, 0.2) is 5.78 Å². The normalized spacial score (nSPS) is 13.8. The standard InChI is InChI=1S/C19H15NO2/c1-2-12-20-17-16(13-8-4-3-5-9-13)18(21)14-10-6-7-11-15(14)19(17)22/h2-11,20H,1,12H2. The summed E-state index contributed by atoms with van der Waals surface area (Å²) in [7, 11) is 0. The SMILES string of the molecule is C=CCNC1=C(c2ccccc2)C(=O)c2ccccc2C1=O. The average molecular weight is 289 g/mol. The van der Waals surface area contributed by atoms with E-state index in [-0.39, 0.29) is 11.6 Å². The van der Waals surface area contributed by atoms with Crippen molar-refractivity contribution in [1.82, 2.24) is 5.32 Å². The molecular formula is C19H15NO2. The van der Waals surface area contributed by atoms with E-state index in [2.05, 4.69) is 11.9 Å². The molecule has 1 aliphatic rings. The average Bonchev–Trinajstić information content (AvgIpc) is 2.57.